The Labute approximate surface area is 164 Å². The molecule has 0 radical (unpaired) electrons. The van der Waals surface area contributed by atoms with E-state index in [1.54, 1.807) is 11.8 Å². The summed E-state index contributed by atoms with van der Waals surface area (Å²) in [5, 5.41) is 0.802. The average molecular weight is 381 g/mol. The van der Waals surface area contributed by atoms with E-state index in [1.165, 1.54) is 0 Å². The number of rotatable bonds is 11. The molecule has 5 nitrogen and oxygen atoms in total. The van der Waals surface area contributed by atoms with Crippen molar-refractivity contribution >= 4 is 17.7 Å². The van der Waals surface area contributed by atoms with E-state index >= 15 is 0 Å². The molecule has 0 N–H and O–H groups in total. The zero-order chi connectivity index (χ0) is 19.7. The standard InChI is InChI=1S/C20H36N4OS/c1-8-23(9-2)12-13-24(14-15(3)4)19(25)11-10-18-16(5)21-20(26-7)22-17(18)6/h15H,8-14H2,1-7H3. The highest BCUT2D eigenvalue weighted by Gasteiger charge is 2.17. The molecule has 0 aromatic carbocycles. The fourth-order valence-corrected chi connectivity index (χ4v) is 3.57. The molecule has 0 saturated heterocycles. The summed E-state index contributed by atoms with van der Waals surface area (Å²) in [4.78, 5) is 26.3. The molecule has 1 amide bonds. The van der Waals surface area contributed by atoms with Crippen LogP contribution in [-0.2, 0) is 11.2 Å². The Kier molecular flexibility index (Phi) is 10.2. The maximum atomic E-state index is 12.8. The number of aromatic nitrogens is 2. The summed E-state index contributed by atoms with van der Waals surface area (Å²) < 4.78 is 0. The Morgan fingerprint density at radius 3 is 2.12 bits per heavy atom. The minimum Gasteiger partial charge on any atom is -0.341 e. The molecule has 26 heavy (non-hydrogen) atoms. The summed E-state index contributed by atoms with van der Waals surface area (Å²) >= 11 is 1.55. The monoisotopic (exact) mass is 380 g/mol. The van der Waals surface area contributed by atoms with Gasteiger partial charge in [0.1, 0.15) is 0 Å². The van der Waals surface area contributed by atoms with E-state index in [0.717, 1.165) is 54.8 Å². The van der Waals surface area contributed by atoms with Crippen LogP contribution in [0, 0.1) is 19.8 Å². The van der Waals surface area contributed by atoms with Crippen LogP contribution in [0.15, 0.2) is 5.16 Å². The Bertz CT molecular complexity index is 550. The average Bonchev–Trinajstić information content (AvgIpc) is 2.59. The summed E-state index contributed by atoms with van der Waals surface area (Å²) in [7, 11) is 0. The van der Waals surface area contributed by atoms with Crippen molar-refractivity contribution in [2.24, 2.45) is 5.92 Å². The number of carbonyl (C=O) groups is 1. The van der Waals surface area contributed by atoms with Crippen LogP contribution in [0.4, 0.5) is 0 Å². The van der Waals surface area contributed by atoms with Crippen molar-refractivity contribution in [1.29, 1.82) is 0 Å². The van der Waals surface area contributed by atoms with Crippen molar-refractivity contribution in [3.8, 4) is 0 Å². The Morgan fingerprint density at radius 1 is 1.08 bits per heavy atom. The van der Waals surface area contributed by atoms with Crippen molar-refractivity contribution in [1.82, 2.24) is 19.8 Å². The molecule has 1 aromatic heterocycles. The van der Waals surface area contributed by atoms with E-state index in [1.807, 2.05) is 25.0 Å². The lowest BCUT2D eigenvalue weighted by atomic mass is 10.1. The van der Waals surface area contributed by atoms with Gasteiger partial charge < -0.3 is 9.80 Å². The maximum Gasteiger partial charge on any atom is 0.222 e. The molecule has 0 atom stereocenters. The van der Waals surface area contributed by atoms with Gasteiger partial charge in [0.15, 0.2) is 5.16 Å². The van der Waals surface area contributed by atoms with Gasteiger partial charge in [-0.15, -0.1) is 0 Å². The number of hydrogen-bond donors (Lipinski definition) is 0. The SMILES string of the molecule is CCN(CC)CCN(CC(C)C)C(=O)CCc1c(C)nc(SC)nc1C. The minimum absolute atomic E-state index is 0.235. The first-order valence-electron chi connectivity index (χ1n) is 9.70. The number of aryl methyl sites for hydroxylation is 2. The van der Waals surface area contributed by atoms with Crippen LogP contribution in [0.3, 0.4) is 0 Å². The third kappa shape index (κ3) is 7.23. The molecular weight excluding hydrogens is 344 g/mol. The van der Waals surface area contributed by atoms with Gasteiger partial charge in [-0.2, -0.15) is 0 Å². The topological polar surface area (TPSA) is 49.3 Å². The summed E-state index contributed by atoms with van der Waals surface area (Å²) in [5.41, 5.74) is 3.10. The van der Waals surface area contributed by atoms with Gasteiger partial charge in [0.2, 0.25) is 5.91 Å². The molecule has 0 unspecified atom stereocenters. The number of likely N-dealkylation sites (N-methyl/N-ethyl adjacent to an activating group) is 1. The van der Waals surface area contributed by atoms with Crippen LogP contribution in [-0.4, -0.2) is 64.7 Å². The van der Waals surface area contributed by atoms with E-state index in [2.05, 4.69) is 42.6 Å². The van der Waals surface area contributed by atoms with Crippen LogP contribution < -0.4 is 0 Å². The van der Waals surface area contributed by atoms with Crippen molar-refractivity contribution in [2.75, 3.05) is 39.0 Å². The lowest BCUT2D eigenvalue weighted by Gasteiger charge is -2.28. The molecule has 148 valence electrons. The van der Waals surface area contributed by atoms with Gasteiger partial charge in [-0.05, 0) is 51.1 Å². The molecule has 0 spiro atoms. The molecule has 0 fully saturated rings. The molecule has 6 heteroatoms. The zero-order valence-corrected chi connectivity index (χ0v) is 18.4. The number of thioether (sulfide) groups is 1. The van der Waals surface area contributed by atoms with Gasteiger partial charge >= 0.3 is 0 Å². The molecule has 0 aliphatic carbocycles. The van der Waals surface area contributed by atoms with E-state index in [4.69, 9.17) is 0 Å². The van der Waals surface area contributed by atoms with Crippen molar-refractivity contribution < 1.29 is 4.79 Å². The van der Waals surface area contributed by atoms with E-state index < -0.39 is 0 Å². The molecular formula is C20H36N4OS. The maximum absolute atomic E-state index is 12.8. The Morgan fingerprint density at radius 2 is 1.65 bits per heavy atom. The largest absolute Gasteiger partial charge is 0.341 e. The lowest BCUT2D eigenvalue weighted by molar-refractivity contribution is -0.131. The van der Waals surface area contributed by atoms with Gasteiger partial charge in [0.25, 0.3) is 0 Å². The van der Waals surface area contributed by atoms with Crippen LogP contribution in [0.2, 0.25) is 0 Å². The van der Waals surface area contributed by atoms with Gasteiger partial charge in [-0.25, -0.2) is 9.97 Å². The smallest absolute Gasteiger partial charge is 0.222 e. The fraction of sp³-hybridized carbons (Fsp3) is 0.750. The first-order chi connectivity index (χ1) is 12.3. The molecule has 1 aromatic rings. The number of amides is 1. The predicted octanol–water partition coefficient (Wildman–Crippen LogP) is 3.57. The zero-order valence-electron chi connectivity index (χ0n) is 17.6. The summed E-state index contributed by atoms with van der Waals surface area (Å²) in [6.07, 6.45) is 3.22. The Hall–Kier alpha value is -1.14. The Balaban J connectivity index is 2.74. The normalized spacial score (nSPS) is 11.4. The fourth-order valence-electron chi connectivity index (χ4n) is 3.11. The van der Waals surface area contributed by atoms with Crippen molar-refractivity contribution in [3.63, 3.8) is 0 Å². The van der Waals surface area contributed by atoms with E-state index in [-0.39, 0.29) is 5.91 Å². The number of carbonyl (C=O) groups excluding carboxylic acids is 1. The van der Waals surface area contributed by atoms with Crippen molar-refractivity contribution in [2.45, 2.75) is 59.5 Å². The van der Waals surface area contributed by atoms with Crippen molar-refractivity contribution in [3.05, 3.63) is 17.0 Å². The highest BCUT2D eigenvalue weighted by molar-refractivity contribution is 7.98. The van der Waals surface area contributed by atoms with Crippen LogP contribution >= 0.6 is 11.8 Å². The summed E-state index contributed by atoms with van der Waals surface area (Å²) in [6, 6.07) is 0. The summed E-state index contributed by atoms with van der Waals surface area (Å²) in [6.45, 7) is 17.3. The second kappa shape index (κ2) is 11.5. The quantitative estimate of drug-likeness (QED) is 0.434. The van der Waals surface area contributed by atoms with Crippen LogP contribution in [0.1, 0.15) is 51.1 Å². The minimum atomic E-state index is 0.235. The van der Waals surface area contributed by atoms with Gasteiger partial charge in [0, 0.05) is 37.4 Å². The third-order valence-electron chi connectivity index (χ3n) is 4.69. The highest BCUT2D eigenvalue weighted by Crippen LogP contribution is 2.17. The second-order valence-electron chi connectivity index (χ2n) is 7.12. The van der Waals surface area contributed by atoms with Gasteiger partial charge in [-0.3, -0.25) is 4.79 Å². The molecule has 0 saturated carbocycles. The first-order valence-corrected chi connectivity index (χ1v) is 10.9. The highest BCUT2D eigenvalue weighted by atomic mass is 32.2. The lowest BCUT2D eigenvalue weighted by Crippen LogP contribution is -2.40. The van der Waals surface area contributed by atoms with Gasteiger partial charge in [0.05, 0.1) is 0 Å². The van der Waals surface area contributed by atoms with Crippen LogP contribution in [0.5, 0.6) is 0 Å². The molecule has 0 aliphatic heterocycles. The van der Waals surface area contributed by atoms with Crippen LogP contribution in [0.25, 0.3) is 0 Å². The second-order valence-corrected chi connectivity index (χ2v) is 7.89. The molecule has 1 rings (SSSR count). The molecule has 0 aliphatic rings. The molecule has 1 heterocycles. The third-order valence-corrected chi connectivity index (χ3v) is 5.24. The summed E-state index contributed by atoms with van der Waals surface area (Å²) in [5.74, 6) is 0.710. The molecule has 0 bridgehead atoms. The first kappa shape index (κ1) is 22.9. The van der Waals surface area contributed by atoms with Gasteiger partial charge in [-0.1, -0.05) is 39.5 Å². The van der Waals surface area contributed by atoms with E-state index in [9.17, 15) is 4.79 Å². The predicted molar refractivity (Wildman–Crippen MR) is 111 cm³/mol. The van der Waals surface area contributed by atoms with E-state index in [0.29, 0.717) is 18.8 Å². The number of hydrogen-bond acceptors (Lipinski definition) is 5. The number of nitrogens with zero attached hydrogens (tertiary/aromatic N) is 4.